The Bertz CT molecular complexity index is 716. The van der Waals surface area contributed by atoms with Gasteiger partial charge in [-0.25, -0.2) is 9.97 Å². The van der Waals surface area contributed by atoms with Gasteiger partial charge in [-0.15, -0.1) is 0 Å². The Hall–Kier alpha value is -2.22. The highest BCUT2D eigenvalue weighted by Gasteiger charge is 2.32. The average molecular weight is 375 g/mol. The minimum Gasteiger partial charge on any atom is -0.383 e. The molecule has 2 N–H and O–H groups in total. The molecule has 2 aliphatic heterocycles. The number of rotatable bonds is 5. The van der Waals surface area contributed by atoms with Crippen LogP contribution in [0, 0.1) is 5.92 Å². The summed E-state index contributed by atoms with van der Waals surface area (Å²) in [6.07, 6.45) is 1.97. The number of aliphatic hydroxyl groups is 1. The van der Waals surface area contributed by atoms with Gasteiger partial charge in [0.05, 0.1) is 5.69 Å². The van der Waals surface area contributed by atoms with Crippen LogP contribution in [-0.4, -0.2) is 69.5 Å². The fourth-order valence-electron chi connectivity index (χ4n) is 3.72. The minimum atomic E-state index is -1.01. The fraction of sp³-hybridized carbons (Fsp3) is 0.684. The van der Waals surface area contributed by atoms with E-state index >= 15 is 0 Å². The van der Waals surface area contributed by atoms with Gasteiger partial charge in [0.15, 0.2) is 0 Å². The highest BCUT2D eigenvalue weighted by molar-refractivity contribution is 5.94. The van der Waals surface area contributed by atoms with Crippen LogP contribution in [0.25, 0.3) is 0 Å². The second-order valence-electron chi connectivity index (χ2n) is 7.73. The molecule has 0 aliphatic carbocycles. The van der Waals surface area contributed by atoms with Crippen LogP contribution in [0.3, 0.4) is 0 Å². The van der Waals surface area contributed by atoms with Crippen molar-refractivity contribution in [1.82, 2.24) is 19.8 Å². The first-order chi connectivity index (χ1) is 12.9. The van der Waals surface area contributed by atoms with Crippen LogP contribution in [0.1, 0.15) is 54.9 Å². The van der Waals surface area contributed by atoms with E-state index in [2.05, 4.69) is 15.3 Å². The van der Waals surface area contributed by atoms with Gasteiger partial charge in [-0.05, 0) is 25.2 Å². The molecule has 1 atom stereocenters. The van der Waals surface area contributed by atoms with Crippen molar-refractivity contribution in [2.45, 2.75) is 52.2 Å². The number of likely N-dealkylation sites (tertiary alicyclic amines) is 1. The van der Waals surface area contributed by atoms with Gasteiger partial charge in [0.2, 0.25) is 5.95 Å². The maximum Gasteiger partial charge on any atom is 0.273 e. The second-order valence-corrected chi connectivity index (χ2v) is 7.73. The number of fused-ring (bicyclic) bond motifs is 1. The fourth-order valence-corrected chi connectivity index (χ4v) is 3.72. The van der Waals surface area contributed by atoms with E-state index < -0.39 is 6.10 Å². The molecule has 1 aromatic heterocycles. The van der Waals surface area contributed by atoms with Crippen molar-refractivity contribution in [3.63, 3.8) is 0 Å². The number of carbonyl (C=O) groups excluding carboxylic acids is 2. The molecular weight excluding hydrogens is 346 g/mol. The van der Waals surface area contributed by atoms with Crippen molar-refractivity contribution in [3.05, 3.63) is 17.0 Å². The topological polar surface area (TPSA) is 98.7 Å². The molecule has 2 aliphatic rings. The normalized spacial score (nSPS) is 17.8. The lowest BCUT2D eigenvalue weighted by molar-refractivity contribution is -0.142. The van der Waals surface area contributed by atoms with E-state index in [1.807, 2.05) is 18.7 Å². The van der Waals surface area contributed by atoms with Crippen LogP contribution >= 0.6 is 0 Å². The second kappa shape index (κ2) is 8.21. The molecule has 27 heavy (non-hydrogen) atoms. The van der Waals surface area contributed by atoms with E-state index in [9.17, 15) is 14.7 Å². The van der Waals surface area contributed by atoms with Gasteiger partial charge in [-0.3, -0.25) is 9.59 Å². The Morgan fingerprint density at radius 2 is 1.85 bits per heavy atom. The molecule has 3 heterocycles. The smallest absolute Gasteiger partial charge is 0.273 e. The summed E-state index contributed by atoms with van der Waals surface area (Å²) in [7, 11) is 1.73. The largest absolute Gasteiger partial charge is 0.383 e. The van der Waals surface area contributed by atoms with Crippen molar-refractivity contribution in [1.29, 1.82) is 0 Å². The summed E-state index contributed by atoms with van der Waals surface area (Å²) >= 11 is 0. The zero-order chi connectivity index (χ0) is 19.6. The number of aliphatic hydroxyl groups excluding tert-OH is 1. The molecule has 1 aromatic rings. The van der Waals surface area contributed by atoms with Crippen LogP contribution in [0.5, 0.6) is 0 Å². The number of anilines is 1. The molecule has 8 heteroatoms. The zero-order valence-electron chi connectivity index (χ0n) is 16.4. The molecule has 2 amide bonds. The SMILES string of the molecule is CNc1nc2c(c(C(=O)N3CCCC3)n1)CN(C(=O)[C@H](O)CC(C)C)CC2. The molecule has 8 nitrogen and oxygen atoms in total. The van der Waals surface area contributed by atoms with E-state index in [0.29, 0.717) is 36.6 Å². The molecule has 0 radical (unpaired) electrons. The number of hydrogen-bond donors (Lipinski definition) is 2. The molecule has 0 unspecified atom stereocenters. The zero-order valence-corrected chi connectivity index (χ0v) is 16.4. The van der Waals surface area contributed by atoms with Gasteiger partial charge in [-0.1, -0.05) is 13.8 Å². The predicted octanol–water partition coefficient (Wildman–Crippen LogP) is 1.05. The lowest BCUT2D eigenvalue weighted by Gasteiger charge is -2.31. The summed E-state index contributed by atoms with van der Waals surface area (Å²) in [5.74, 6) is 0.275. The Morgan fingerprint density at radius 1 is 1.15 bits per heavy atom. The highest BCUT2D eigenvalue weighted by Crippen LogP contribution is 2.25. The van der Waals surface area contributed by atoms with Crippen molar-refractivity contribution in [2.24, 2.45) is 5.92 Å². The monoisotopic (exact) mass is 375 g/mol. The Balaban J connectivity index is 1.87. The van der Waals surface area contributed by atoms with Gasteiger partial charge in [-0.2, -0.15) is 0 Å². The van der Waals surface area contributed by atoms with E-state index in [0.717, 1.165) is 31.6 Å². The lowest BCUT2D eigenvalue weighted by atomic mass is 10.0. The summed E-state index contributed by atoms with van der Waals surface area (Å²) in [6, 6.07) is 0. The molecule has 1 fully saturated rings. The first-order valence-electron chi connectivity index (χ1n) is 9.74. The third kappa shape index (κ3) is 4.21. The van der Waals surface area contributed by atoms with Crippen LogP contribution < -0.4 is 5.32 Å². The molecule has 3 rings (SSSR count). The first-order valence-corrected chi connectivity index (χ1v) is 9.74. The molecule has 0 bridgehead atoms. The molecule has 1 saturated heterocycles. The standard InChI is InChI=1S/C19H29N5O3/c1-12(2)10-15(25)17(26)24-9-6-14-13(11-24)16(22-19(20-3)21-14)18(27)23-7-4-5-8-23/h12,15,25H,4-11H2,1-3H3,(H,20,21,22)/t15-/m1/s1. The number of nitrogens with zero attached hydrogens (tertiary/aromatic N) is 4. The van der Waals surface area contributed by atoms with Crippen LogP contribution in [0.4, 0.5) is 5.95 Å². The molecule has 148 valence electrons. The summed E-state index contributed by atoms with van der Waals surface area (Å²) in [6.45, 7) is 6.18. The number of hydrogen-bond acceptors (Lipinski definition) is 6. The molecule has 0 spiro atoms. The predicted molar refractivity (Wildman–Crippen MR) is 101 cm³/mol. The maximum atomic E-state index is 13.0. The third-order valence-corrected chi connectivity index (χ3v) is 5.17. The summed E-state index contributed by atoms with van der Waals surface area (Å²) in [5, 5.41) is 13.1. The van der Waals surface area contributed by atoms with Crippen LogP contribution in [0.2, 0.25) is 0 Å². The Labute approximate surface area is 160 Å². The highest BCUT2D eigenvalue weighted by atomic mass is 16.3. The Morgan fingerprint density at radius 3 is 2.48 bits per heavy atom. The average Bonchev–Trinajstić information content (AvgIpc) is 3.19. The summed E-state index contributed by atoms with van der Waals surface area (Å²) in [4.78, 5) is 38.0. The Kier molecular flexibility index (Phi) is 5.94. The number of carbonyl (C=O) groups is 2. The van der Waals surface area contributed by atoms with Crippen molar-refractivity contribution in [3.8, 4) is 0 Å². The van der Waals surface area contributed by atoms with Crippen LogP contribution in [-0.2, 0) is 17.8 Å². The van der Waals surface area contributed by atoms with Crippen LogP contribution in [0.15, 0.2) is 0 Å². The third-order valence-electron chi connectivity index (χ3n) is 5.17. The summed E-state index contributed by atoms with van der Waals surface area (Å²) in [5.41, 5.74) is 1.89. The van der Waals surface area contributed by atoms with E-state index in [1.54, 1.807) is 11.9 Å². The quantitative estimate of drug-likeness (QED) is 0.798. The van der Waals surface area contributed by atoms with Crippen molar-refractivity contribution >= 4 is 17.8 Å². The van der Waals surface area contributed by atoms with Gasteiger partial charge < -0.3 is 20.2 Å². The lowest BCUT2D eigenvalue weighted by Crippen LogP contribution is -2.44. The van der Waals surface area contributed by atoms with Gasteiger partial charge in [0.25, 0.3) is 11.8 Å². The molecule has 0 aromatic carbocycles. The van der Waals surface area contributed by atoms with E-state index in [4.69, 9.17) is 0 Å². The van der Waals surface area contributed by atoms with Crippen molar-refractivity contribution in [2.75, 3.05) is 32.0 Å². The minimum absolute atomic E-state index is 0.0975. The molecular formula is C19H29N5O3. The summed E-state index contributed by atoms with van der Waals surface area (Å²) < 4.78 is 0. The maximum absolute atomic E-state index is 13.0. The van der Waals surface area contributed by atoms with E-state index in [-0.39, 0.29) is 24.3 Å². The van der Waals surface area contributed by atoms with E-state index in [1.165, 1.54) is 0 Å². The van der Waals surface area contributed by atoms with Gasteiger partial charge in [0, 0.05) is 45.2 Å². The number of aromatic nitrogens is 2. The molecule has 0 saturated carbocycles. The van der Waals surface area contributed by atoms with Gasteiger partial charge in [0.1, 0.15) is 11.8 Å². The number of amides is 2. The first kappa shape index (κ1) is 19.5. The van der Waals surface area contributed by atoms with Gasteiger partial charge >= 0.3 is 0 Å². The number of nitrogens with one attached hydrogen (secondary N) is 1. The van der Waals surface area contributed by atoms with Crippen molar-refractivity contribution < 1.29 is 14.7 Å².